The second-order valence-electron chi connectivity index (χ2n) is 10.5. The van der Waals surface area contributed by atoms with E-state index in [0.717, 1.165) is 12.8 Å². The van der Waals surface area contributed by atoms with Gasteiger partial charge in [-0.25, -0.2) is 9.67 Å². The van der Waals surface area contributed by atoms with Crippen LogP contribution in [0.15, 0.2) is 57.7 Å². The van der Waals surface area contributed by atoms with Gasteiger partial charge in [0.1, 0.15) is 10.3 Å². The smallest absolute Gasteiger partial charge is 0.281 e. The Morgan fingerprint density at radius 1 is 1.09 bits per heavy atom. The van der Waals surface area contributed by atoms with Gasteiger partial charge < -0.3 is 10.6 Å². The maximum Gasteiger partial charge on any atom is 0.281 e. The van der Waals surface area contributed by atoms with Gasteiger partial charge in [0.05, 0.1) is 39.2 Å². The van der Waals surface area contributed by atoms with Gasteiger partial charge in [-0.05, 0) is 106 Å². The molecule has 1 unspecified atom stereocenters. The summed E-state index contributed by atoms with van der Waals surface area (Å²) in [5, 5.41) is 20.2. The number of halogens is 4. The van der Waals surface area contributed by atoms with Crippen LogP contribution in [0.2, 0.25) is 10.0 Å². The van der Waals surface area contributed by atoms with Gasteiger partial charge in [0, 0.05) is 34.8 Å². The third-order valence-corrected chi connectivity index (χ3v) is 8.86. The van der Waals surface area contributed by atoms with E-state index in [4.69, 9.17) is 23.2 Å². The van der Waals surface area contributed by atoms with Crippen LogP contribution in [-0.4, -0.2) is 45.6 Å². The first-order valence-electron chi connectivity index (χ1n) is 13.7. The van der Waals surface area contributed by atoms with Crippen molar-refractivity contribution in [1.82, 2.24) is 25.4 Å². The van der Waals surface area contributed by atoms with Crippen molar-refractivity contribution in [3.63, 3.8) is 0 Å². The molecule has 0 spiro atoms. The Hall–Kier alpha value is -3.76. The number of anilines is 2. The molecule has 2 aromatic heterocycles. The molecule has 10 nitrogen and oxygen atoms in total. The average Bonchev–Trinajstić information content (AvgIpc) is 3.79. The van der Waals surface area contributed by atoms with Gasteiger partial charge in [-0.2, -0.15) is 10.4 Å². The molecule has 230 valence electrons. The SMILES string of the molecule is CNC(=O)c1cc(C#N)cc(C)c1N(C(=O)c1cc(Br)nn1-c1ncccc1Cl)c1c(Br)cc(Cl)cc1C(=O)NC(C)C1CC1. The fraction of sp³-hybridized carbons (Fsp3) is 0.226. The Morgan fingerprint density at radius 3 is 2.44 bits per heavy atom. The molecule has 5 rings (SSSR count). The van der Waals surface area contributed by atoms with Gasteiger partial charge in [-0.15, -0.1) is 0 Å². The largest absolute Gasteiger partial charge is 0.355 e. The van der Waals surface area contributed by atoms with Crippen LogP contribution in [0.5, 0.6) is 0 Å². The molecule has 2 aromatic carbocycles. The lowest BCUT2D eigenvalue weighted by Crippen LogP contribution is -2.37. The molecule has 1 aliphatic rings. The van der Waals surface area contributed by atoms with Crippen LogP contribution in [0.1, 0.15) is 62.1 Å². The summed E-state index contributed by atoms with van der Waals surface area (Å²) in [5.41, 5.74) is 1.02. The summed E-state index contributed by atoms with van der Waals surface area (Å²) in [6.07, 6.45) is 3.52. The van der Waals surface area contributed by atoms with Crippen molar-refractivity contribution in [2.45, 2.75) is 32.7 Å². The average molecular weight is 774 g/mol. The highest BCUT2D eigenvalue weighted by Gasteiger charge is 2.35. The van der Waals surface area contributed by atoms with Crippen molar-refractivity contribution in [2.75, 3.05) is 11.9 Å². The number of carbonyl (C=O) groups is 3. The fourth-order valence-corrected chi connectivity index (χ4v) is 6.61. The number of aromatic nitrogens is 3. The second-order valence-corrected chi connectivity index (χ2v) is 13.0. The molecule has 0 saturated heterocycles. The zero-order valence-corrected chi connectivity index (χ0v) is 28.8. The van der Waals surface area contributed by atoms with Crippen molar-refractivity contribution in [2.24, 2.45) is 5.92 Å². The van der Waals surface area contributed by atoms with E-state index in [2.05, 4.69) is 58.6 Å². The second kappa shape index (κ2) is 13.3. The number of pyridine rings is 1. The van der Waals surface area contributed by atoms with Crippen LogP contribution in [0.4, 0.5) is 11.4 Å². The van der Waals surface area contributed by atoms with E-state index in [9.17, 15) is 19.6 Å². The molecule has 3 amide bonds. The number of aryl methyl sites for hydroxylation is 1. The van der Waals surface area contributed by atoms with Crippen molar-refractivity contribution in [1.29, 1.82) is 5.26 Å². The number of hydrogen-bond acceptors (Lipinski definition) is 6. The predicted molar refractivity (Wildman–Crippen MR) is 179 cm³/mol. The Bertz CT molecular complexity index is 1900. The highest BCUT2D eigenvalue weighted by Crippen LogP contribution is 2.42. The highest BCUT2D eigenvalue weighted by atomic mass is 79.9. The maximum absolute atomic E-state index is 15.0. The van der Waals surface area contributed by atoms with Crippen molar-refractivity contribution >= 4 is 84.2 Å². The minimum absolute atomic E-state index is 0.00801. The number of hydrogen-bond donors (Lipinski definition) is 2. The molecule has 2 heterocycles. The summed E-state index contributed by atoms with van der Waals surface area (Å²) in [6, 6.07) is 12.7. The Kier molecular flexibility index (Phi) is 9.65. The van der Waals surface area contributed by atoms with Crippen molar-refractivity contribution < 1.29 is 14.4 Å². The van der Waals surface area contributed by atoms with E-state index < -0.39 is 17.7 Å². The first-order chi connectivity index (χ1) is 21.4. The lowest BCUT2D eigenvalue weighted by Gasteiger charge is -2.30. The normalized spacial score (nSPS) is 13.1. The van der Waals surface area contributed by atoms with Gasteiger partial charge >= 0.3 is 0 Å². The molecule has 1 atom stereocenters. The van der Waals surface area contributed by atoms with Crippen molar-refractivity contribution in [3.8, 4) is 11.9 Å². The van der Waals surface area contributed by atoms with Crippen LogP contribution >= 0.6 is 55.1 Å². The molecular weight excluding hydrogens is 749 g/mol. The lowest BCUT2D eigenvalue weighted by molar-refractivity contribution is 0.0934. The van der Waals surface area contributed by atoms with Crippen LogP contribution in [0.3, 0.4) is 0 Å². The molecule has 45 heavy (non-hydrogen) atoms. The quantitative estimate of drug-likeness (QED) is 0.196. The Morgan fingerprint density at radius 2 is 1.80 bits per heavy atom. The number of benzene rings is 2. The Labute approximate surface area is 286 Å². The Balaban J connectivity index is 1.83. The van der Waals surface area contributed by atoms with E-state index in [-0.39, 0.29) is 55.7 Å². The zero-order valence-electron chi connectivity index (χ0n) is 24.2. The van der Waals surface area contributed by atoms with Gasteiger partial charge in [0.2, 0.25) is 0 Å². The van der Waals surface area contributed by atoms with Crippen LogP contribution in [0, 0.1) is 24.2 Å². The summed E-state index contributed by atoms with van der Waals surface area (Å²) in [6.45, 7) is 3.60. The predicted octanol–water partition coefficient (Wildman–Crippen LogP) is 7.15. The molecule has 14 heteroatoms. The van der Waals surface area contributed by atoms with E-state index >= 15 is 0 Å². The van der Waals surface area contributed by atoms with Crippen LogP contribution in [0.25, 0.3) is 5.82 Å². The number of carbonyl (C=O) groups excluding carboxylic acids is 3. The summed E-state index contributed by atoms with van der Waals surface area (Å²) < 4.78 is 1.89. The third-order valence-electron chi connectivity index (χ3n) is 7.35. The van der Waals surface area contributed by atoms with E-state index in [1.165, 1.54) is 41.0 Å². The van der Waals surface area contributed by atoms with Gasteiger partial charge in [-0.1, -0.05) is 23.2 Å². The van der Waals surface area contributed by atoms with Gasteiger partial charge in [0.25, 0.3) is 17.7 Å². The summed E-state index contributed by atoms with van der Waals surface area (Å²) in [7, 11) is 1.44. The molecule has 0 aliphatic heterocycles. The van der Waals surface area contributed by atoms with Crippen LogP contribution < -0.4 is 15.5 Å². The van der Waals surface area contributed by atoms with Gasteiger partial charge in [-0.3, -0.25) is 19.3 Å². The standard InChI is InChI=1S/C31H25Br2Cl2N7O3/c1-15-9-17(14-36)10-20(29(43)37-3)26(15)41(31(45)24-13-25(33)40-42(24)28-23(35)5-4-8-38-28)27-21(11-19(34)12-22(27)32)30(44)39-16(2)18-6-7-18/h4-5,8-13,16,18H,6-7H2,1-3H3,(H,37,43)(H,39,44). The van der Waals surface area contributed by atoms with E-state index in [1.54, 1.807) is 31.2 Å². The molecule has 0 bridgehead atoms. The third kappa shape index (κ3) is 6.63. The summed E-state index contributed by atoms with van der Waals surface area (Å²) in [4.78, 5) is 47.8. The molecule has 4 aromatic rings. The zero-order chi connectivity index (χ0) is 32.6. The van der Waals surface area contributed by atoms with E-state index in [1.807, 2.05) is 6.92 Å². The van der Waals surface area contributed by atoms with Crippen LogP contribution in [-0.2, 0) is 0 Å². The number of nitrogens with zero attached hydrogens (tertiary/aromatic N) is 5. The highest BCUT2D eigenvalue weighted by molar-refractivity contribution is 9.10. The van der Waals surface area contributed by atoms with E-state index in [0.29, 0.717) is 20.6 Å². The topological polar surface area (TPSA) is 133 Å². The molecule has 0 radical (unpaired) electrons. The number of rotatable bonds is 8. The molecular formula is C31H25Br2Cl2N7O3. The molecule has 1 aliphatic carbocycles. The molecule has 1 saturated carbocycles. The molecule has 1 fully saturated rings. The maximum atomic E-state index is 15.0. The molecule has 2 N–H and O–H groups in total. The number of amides is 3. The monoisotopic (exact) mass is 771 g/mol. The number of nitriles is 1. The summed E-state index contributed by atoms with van der Waals surface area (Å²) >= 11 is 19.8. The first-order valence-corrected chi connectivity index (χ1v) is 16.1. The first kappa shape index (κ1) is 32.6. The number of nitrogens with one attached hydrogen (secondary N) is 2. The summed E-state index contributed by atoms with van der Waals surface area (Å²) in [5.74, 6) is -1.15. The van der Waals surface area contributed by atoms with Crippen molar-refractivity contribution in [3.05, 3.63) is 95.7 Å². The minimum atomic E-state index is -0.680. The minimum Gasteiger partial charge on any atom is -0.355 e. The van der Waals surface area contributed by atoms with Gasteiger partial charge in [0.15, 0.2) is 5.82 Å². The lowest BCUT2D eigenvalue weighted by atomic mass is 9.99. The fourth-order valence-electron chi connectivity index (χ4n) is 5.04.